The van der Waals surface area contributed by atoms with Crippen molar-refractivity contribution in [3.63, 3.8) is 0 Å². The Kier molecular flexibility index (Phi) is 11.4. The van der Waals surface area contributed by atoms with E-state index in [9.17, 15) is 0 Å². The first kappa shape index (κ1) is 14.7. The van der Waals surface area contributed by atoms with E-state index in [0.29, 0.717) is 10.2 Å². The summed E-state index contributed by atoms with van der Waals surface area (Å²) in [5.41, 5.74) is 0. The molecular weight excluding hydrogens is 212 g/mol. The van der Waals surface area contributed by atoms with Crippen LogP contribution >= 0.6 is 23.2 Å². The van der Waals surface area contributed by atoms with Crippen molar-refractivity contribution in [3.8, 4) is 0 Å². The molecule has 62 valence electrons. The zero-order chi connectivity index (χ0) is 8.69. The Morgan fingerprint density at radius 1 is 1.42 bits per heavy atom. The van der Waals surface area contributed by atoms with Gasteiger partial charge in [0.15, 0.2) is 0 Å². The molecule has 0 bridgehead atoms. The third-order valence-electron chi connectivity index (χ3n) is 0.691. The van der Waals surface area contributed by atoms with E-state index in [-0.39, 0.29) is 36.0 Å². The molecule has 3 nitrogen and oxygen atoms in total. The molecule has 0 aliphatic rings. The van der Waals surface area contributed by atoms with Gasteiger partial charge in [-0.25, -0.2) is 4.98 Å². The number of carbonyl (C=O) groups is 1. The summed E-state index contributed by atoms with van der Waals surface area (Å²) in [5, 5.41) is 7.96. The second-order valence-electron chi connectivity index (χ2n) is 1.40. The summed E-state index contributed by atoms with van der Waals surface area (Å²) in [6.07, 6.45) is 1.50. The van der Waals surface area contributed by atoms with Gasteiger partial charge in [-0.2, -0.15) is 0 Å². The van der Waals surface area contributed by atoms with Gasteiger partial charge in [0.2, 0.25) is 0 Å². The number of halogens is 2. The van der Waals surface area contributed by atoms with Crippen LogP contribution in [0.2, 0.25) is 10.2 Å². The molecule has 1 N–H and O–H groups in total. The number of carboxylic acid groups (broad SMARTS) is 1. The summed E-state index contributed by atoms with van der Waals surface area (Å²) < 4.78 is 0. The van der Waals surface area contributed by atoms with Crippen molar-refractivity contribution in [2.75, 3.05) is 0 Å². The van der Waals surface area contributed by atoms with Crippen molar-refractivity contribution in [1.29, 1.82) is 0 Å². The Morgan fingerprint density at radius 3 is 2.17 bits per heavy atom. The number of aromatic nitrogens is 1. The molecule has 1 heterocycles. The van der Waals surface area contributed by atoms with Gasteiger partial charge < -0.3 is 5.11 Å². The second kappa shape index (κ2) is 9.29. The van der Waals surface area contributed by atoms with Crippen LogP contribution in [0.5, 0.6) is 0 Å². The van der Waals surface area contributed by atoms with Crippen LogP contribution in [0.1, 0.15) is 0 Å². The standard InChI is InChI=1S/C5H3Cl2N.CH2O2.Na.H/c6-4-1-2-5(7)8-3-4;2-1-3;;/h1-3H;1H,(H,2,3);;. The summed E-state index contributed by atoms with van der Waals surface area (Å²) in [7, 11) is 0. The van der Waals surface area contributed by atoms with Gasteiger partial charge in [-0.05, 0) is 12.1 Å². The number of rotatable bonds is 0. The Bertz CT molecular complexity index is 196. The SMILES string of the molecule is Clc1ccc(Cl)nc1.O=CO.[NaH]. The topological polar surface area (TPSA) is 50.2 Å². The zero-order valence-corrected chi connectivity index (χ0v) is 6.88. The predicted octanol–water partition coefficient (Wildman–Crippen LogP) is 1.44. The minimum absolute atomic E-state index is 0. The molecule has 0 aliphatic carbocycles. The summed E-state index contributed by atoms with van der Waals surface area (Å²) >= 11 is 10.9. The second-order valence-corrected chi connectivity index (χ2v) is 2.23. The molecule has 6 heteroatoms. The Balaban J connectivity index is 0. The average Bonchev–Trinajstić information content (AvgIpc) is 1.97. The Morgan fingerprint density at radius 2 is 1.92 bits per heavy atom. The molecule has 0 aliphatic heterocycles. The van der Waals surface area contributed by atoms with Gasteiger partial charge in [0.25, 0.3) is 6.47 Å². The van der Waals surface area contributed by atoms with Crippen molar-refractivity contribution in [2.24, 2.45) is 0 Å². The van der Waals surface area contributed by atoms with E-state index in [1.807, 2.05) is 0 Å². The first-order valence-electron chi connectivity index (χ1n) is 2.55. The zero-order valence-electron chi connectivity index (χ0n) is 5.37. The van der Waals surface area contributed by atoms with E-state index in [1.165, 1.54) is 6.20 Å². The van der Waals surface area contributed by atoms with Gasteiger partial charge >= 0.3 is 29.6 Å². The Labute approximate surface area is 102 Å². The van der Waals surface area contributed by atoms with Crippen LogP contribution in [-0.2, 0) is 4.79 Å². The van der Waals surface area contributed by atoms with Gasteiger partial charge in [0.05, 0.1) is 5.02 Å². The summed E-state index contributed by atoms with van der Waals surface area (Å²) in [6, 6.07) is 3.33. The molecule has 0 amide bonds. The Hall–Kier alpha value is 0.200. The van der Waals surface area contributed by atoms with Gasteiger partial charge in [-0.15, -0.1) is 0 Å². The summed E-state index contributed by atoms with van der Waals surface area (Å²) in [4.78, 5) is 12.1. The fraction of sp³-hybridized carbons (Fsp3) is 0. The maximum absolute atomic E-state index is 8.36. The molecule has 1 aromatic rings. The quantitative estimate of drug-likeness (QED) is 0.407. The number of pyridine rings is 1. The van der Waals surface area contributed by atoms with Crippen LogP contribution in [0.3, 0.4) is 0 Å². The van der Waals surface area contributed by atoms with E-state index >= 15 is 0 Å². The minimum atomic E-state index is -0.250. The van der Waals surface area contributed by atoms with Crippen LogP contribution in [0.25, 0.3) is 0 Å². The van der Waals surface area contributed by atoms with Gasteiger partial charge in [0.1, 0.15) is 5.15 Å². The fourth-order valence-electron chi connectivity index (χ4n) is 0.358. The molecule has 0 saturated carbocycles. The third kappa shape index (κ3) is 8.30. The monoisotopic (exact) mass is 217 g/mol. The molecule has 0 aromatic carbocycles. The normalized spacial score (nSPS) is 7.17. The predicted molar refractivity (Wildman–Crippen MR) is 50.1 cm³/mol. The fourth-order valence-corrected chi connectivity index (χ4v) is 0.581. The van der Waals surface area contributed by atoms with E-state index in [1.54, 1.807) is 12.1 Å². The van der Waals surface area contributed by atoms with Crippen LogP contribution in [0.15, 0.2) is 18.3 Å². The molecule has 1 aromatic heterocycles. The van der Waals surface area contributed by atoms with Crippen LogP contribution in [0, 0.1) is 0 Å². The average molecular weight is 218 g/mol. The molecule has 12 heavy (non-hydrogen) atoms. The van der Waals surface area contributed by atoms with Gasteiger partial charge in [-0.3, -0.25) is 4.79 Å². The number of nitrogens with zero attached hydrogens (tertiary/aromatic N) is 1. The summed E-state index contributed by atoms with van der Waals surface area (Å²) in [6.45, 7) is -0.250. The number of hydrogen-bond acceptors (Lipinski definition) is 2. The van der Waals surface area contributed by atoms with Gasteiger partial charge in [0, 0.05) is 6.20 Å². The van der Waals surface area contributed by atoms with Crippen LogP contribution < -0.4 is 0 Å². The van der Waals surface area contributed by atoms with E-state index < -0.39 is 0 Å². The van der Waals surface area contributed by atoms with Gasteiger partial charge in [-0.1, -0.05) is 23.2 Å². The van der Waals surface area contributed by atoms with Crippen LogP contribution in [-0.4, -0.2) is 46.1 Å². The van der Waals surface area contributed by atoms with E-state index in [2.05, 4.69) is 4.98 Å². The number of hydrogen-bond donors (Lipinski definition) is 1. The van der Waals surface area contributed by atoms with Crippen molar-refractivity contribution in [3.05, 3.63) is 28.5 Å². The van der Waals surface area contributed by atoms with Crippen molar-refractivity contribution in [1.82, 2.24) is 4.98 Å². The van der Waals surface area contributed by atoms with Crippen LogP contribution in [0.4, 0.5) is 0 Å². The molecule has 1 rings (SSSR count). The van der Waals surface area contributed by atoms with Crippen molar-refractivity contribution < 1.29 is 9.90 Å². The molecule has 0 saturated heterocycles. The maximum atomic E-state index is 8.36. The van der Waals surface area contributed by atoms with E-state index in [0.717, 1.165) is 0 Å². The van der Waals surface area contributed by atoms with E-state index in [4.69, 9.17) is 33.1 Å². The first-order chi connectivity index (χ1) is 5.20. The molecule has 0 atom stereocenters. The summed E-state index contributed by atoms with van der Waals surface area (Å²) in [5.74, 6) is 0. The first-order valence-corrected chi connectivity index (χ1v) is 3.31. The molecule has 0 unspecified atom stereocenters. The molecular formula is C6H6Cl2NNaO2. The third-order valence-corrected chi connectivity index (χ3v) is 1.14. The van der Waals surface area contributed by atoms with Crippen molar-refractivity contribution >= 4 is 59.2 Å². The van der Waals surface area contributed by atoms with Crippen molar-refractivity contribution in [2.45, 2.75) is 0 Å². The molecule has 0 radical (unpaired) electrons. The molecule has 0 spiro atoms. The molecule has 0 fully saturated rings.